The van der Waals surface area contributed by atoms with Gasteiger partial charge in [-0.15, -0.1) is 12.4 Å². The summed E-state index contributed by atoms with van der Waals surface area (Å²) in [4.78, 5) is 0.350. The van der Waals surface area contributed by atoms with E-state index < -0.39 is 10.0 Å². The Kier molecular flexibility index (Phi) is 7.14. The van der Waals surface area contributed by atoms with Crippen LogP contribution in [0.15, 0.2) is 29.2 Å². The van der Waals surface area contributed by atoms with Gasteiger partial charge in [0.15, 0.2) is 0 Å². The van der Waals surface area contributed by atoms with Crippen LogP contribution in [-0.2, 0) is 10.0 Å². The first-order valence-corrected chi connectivity index (χ1v) is 10.4. The third kappa shape index (κ3) is 5.58. The Morgan fingerprint density at radius 2 is 1.72 bits per heavy atom. The van der Waals surface area contributed by atoms with E-state index in [0.29, 0.717) is 29.8 Å². The first-order valence-electron chi connectivity index (χ1n) is 8.95. The number of ether oxygens (including phenoxy) is 1. The van der Waals surface area contributed by atoms with E-state index in [1.807, 2.05) is 13.8 Å². The van der Waals surface area contributed by atoms with Gasteiger partial charge in [0.25, 0.3) is 0 Å². The Morgan fingerprint density at radius 3 is 2.24 bits per heavy atom. The maximum Gasteiger partial charge on any atom is 0.243 e. The van der Waals surface area contributed by atoms with Crippen molar-refractivity contribution in [2.45, 2.75) is 56.6 Å². The van der Waals surface area contributed by atoms with Crippen molar-refractivity contribution in [1.82, 2.24) is 9.62 Å². The summed E-state index contributed by atoms with van der Waals surface area (Å²) in [7, 11) is -3.40. The lowest BCUT2D eigenvalue weighted by Gasteiger charge is -2.31. The number of hydrogen-bond acceptors (Lipinski definition) is 4. The van der Waals surface area contributed by atoms with Crippen molar-refractivity contribution in [3.63, 3.8) is 0 Å². The maximum absolute atomic E-state index is 12.8. The van der Waals surface area contributed by atoms with Gasteiger partial charge in [-0.1, -0.05) is 0 Å². The molecule has 0 bridgehead atoms. The summed E-state index contributed by atoms with van der Waals surface area (Å²) in [6.07, 6.45) is 4.55. The van der Waals surface area contributed by atoms with Gasteiger partial charge in [-0.3, -0.25) is 0 Å². The molecule has 1 aromatic carbocycles. The van der Waals surface area contributed by atoms with Crippen LogP contribution in [0, 0.1) is 5.92 Å². The molecule has 1 saturated heterocycles. The summed E-state index contributed by atoms with van der Waals surface area (Å²) in [6, 6.07) is 7.21. The van der Waals surface area contributed by atoms with Crippen LogP contribution >= 0.6 is 12.4 Å². The second-order valence-electron chi connectivity index (χ2n) is 7.17. The molecule has 0 radical (unpaired) electrons. The van der Waals surface area contributed by atoms with Gasteiger partial charge in [0.2, 0.25) is 10.0 Å². The maximum atomic E-state index is 12.8. The summed E-state index contributed by atoms with van der Waals surface area (Å²) in [5.74, 6) is 1.56. The molecule has 1 aliphatic carbocycles. The second-order valence-corrected chi connectivity index (χ2v) is 9.11. The first kappa shape index (κ1) is 20.5. The van der Waals surface area contributed by atoms with Crippen LogP contribution in [0.1, 0.15) is 39.5 Å². The molecule has 1 N–H and O–H groups in total. The Labute approximate surface area is 157 Å². The Bertz CT molecular complexity index is 637. The van der Waals surface area contributed by atoms with Gasteiger partial charge in [0.1, 0.15) is 5.75 Å². The minimum Gasteiger partial charge on any atom is -0.491 e. The normalized spacial score (nSPS) is 19.6. The van der Waals surface area contributed by atoms with Crippen molar-refractivity contribution in [2.24, 2.45) is 5.92 Å². The van der Waals surface area contributed by atoms with Crippen LogP contribution < -0.4 is 10.1 Å². The second kappa shape index (κ2) is 8.71. The summed E-state index contributed by atoms with van der Waals surface area (Å²) in [5.41, 5.74) is 0. The van der Waals surface area contributed by atoms with Crippen LogP contribution in [0.5, 0.6) is 5.75 Å². The molecule has 0 amide bonds. The molecule has 1 heterocycles. The van der Waals surface area contributed by atoms with Crippen molar-refractivity contribution < 1.29 is 13.2 Å². The number of piperidine rings is 1. The van der Waals surface area contributed by atoms with Gasteiger partial charge in [-0.25, -0.2) is 8.42 Å². The van der Waals surface area contributed by atoms with E-state index in [1.165, 1.54) is 12.8 Å². The molecule has 142 valence electrons. The molecular formula is C18H29ClN2O3S. The molecule has 1 aromatic rings. The third-order valence-corrected chi connectivity index (χ3v) is 6.59. The van der Waals surface area contributed by atoms with E-state index in [9.17, 15) is 8.42 Å². The van der Waals surface area contributed by atoms with E-state index in [0.717, 1.165) is 25.3 Å². The molecule has 0 spiro atoms. The highest BCUT2D eigenvalue weighted by Crippen LogP contribution is 2.28. The Morgan fingerprint density at radius 1 is 1.12 bits per heavy atom. The van der Waals surface area contributed by atoms with Gasteiger partial charge in [0, 0.05) is 19.1 Å². The van der Waals surface area contributed by atoms with Crippen molar-refractivity contribution in [3.8, 4) is 5.75 Å². The fourth-order valence-corrected chi connectivity index (χ4v) is 4.54. The molecule has 1 aliphatic heterocycles. The topological polar surface area (TPSA) is 58.6 Å². The highest BCUT2D eigenvalue weighted by atomic mass is 35.5. The SMILES string of the molecule is CC(C)Oc1ccc(S(=O)(=O)N2CCC(NCC3CC3)CC2)cc1.Cl. The average molecular weight is 389 g/mol. The zero-order chi connectivity index (χ0) is 17.2. The van der Waals surface area contributed by atoms with E-state index in [-0.39, 0.29) is 18.5 Å². The molecule has 0 atom stereocenters. The molecule has 0 unspecified atom stereocenters. The number of nitrogens with one attached hydrogen (secondary N) is 1. The van der Waals surface area contributed by atoms with Crippen LogP contribution in [0.3, 0.4) is 0 Å². The predicted molar refractivity (Wildman–Crippen MR) is 102 cm³/mol. The molecular weight excluding hydrogens is 360 g/mol. The van der Waals surface area contributed by atoms with Crippen LogP contribution in [0.4, 0.5) is 0 Å². The average Bonchev–Trinajstić information content (AvgIpc) is 3.38. The summed E-state index contributed by atoms with van der Waals surface area (Å²) in [6.45, 7) is 6.18. The van der Waals surface area contributed by atoms with Crippen molar-refractivity contribution in [2.75, 3.05) is 19.6 Å². The zero-order valence-corrected chi connectivity index (χ0v) is 16.6. The number of nitrogens with zero attached hydrogens (tertiary/aromatic N) is 1. The number of hydrogen-bond donors (Lipinski definition) is 1. The highest BCUT2D eigenvalue weighted by molar-refractivity contribution is 7.89. The minimum absolute atomic E-state index is 0. The smallest absolute Gasteiger partial charge is 0.243 e. The summed E-state index contributed by atoms with van der Waals surface area (Å²) < 4.78 is 32.7. The molecule has 7 heteroatoms. The lowest BCUT2D eigenvalue weighted by atomic mass is 10.1. The standard InChI is InChI=1S/C18H28N2O3S.ClH/c1-14(2)23-17-5-7-18(8-6-17)24(21,22)20-11-9-16(10-12-20)19-13-15-3-4-15;/h5-8,14-16,19H,3-4,9-13H2,1-2H3;1H. The monoisotopic (exact) mass is 388 g/mol. The number of benzene rings is 1. The molecule has 25 heavy (non-hydrogen) atoms. The van der Waals surface area contributed by atoms with Gasteiger partial charge in [-0.05, 0) is 76.3 Å². The summed E-state index contributed by atoms with van der Waals surface area (Å²) >= 11 is 0. The van der Waals surface area contributed by atoms with Crippen LogP contribution in [-0.4, -0.2) is 44.5 Å². The minimum atomic E-state index is -3.40. The molecule has 2 aliphatic rings. The summed E-state index contributed by atoms with van der Waals surface area (Å²) in [5, 5.41) is 3.58. The van der Waals surface area contributed by atoms with Gasteiger partial charge < -0.3 is 10.1 Å². The molecule has 3 rings (SSSR count). The zero-order valence-electron chi connectivity index (χ0n) is 15.0. The van der Waals surface area contributed by atoms with Crippen LogP contribution in [0.25, 0.3) is 0 Å². The van der Waals surface area contributed by atoms with Gasteiger partial charge >= 0.3 is 0 Å². The van der Waals surface area contributed by atoms with Crippen molar-refractivity contribution >= 4 is 22.4 Å². The lowest BCUT2D eigenvalue weighted by Crippen LogP contribution is -2.45. The molecule has 1 saturated carbocycles. The predicted octanol–water partition coefficient (Wildman–Crippen LogP) is 3.05. The van der Waals surface area contributed by atoms with E-state index in [1.54, 1.807) is 28.6 Å². The highest BCUT2D eigenvalue weighted by Gasteiger charge is 2.30. The van der Waals surface area contributed by atoms with Crippen LogP contribution in [0.2, 0.25) is 0 Å². The fourth-order valence-electron chi connectivity index (χ4n) is 3.07. The van der Waals surface area contributed by atoms with Gasteiger partial charge in [-0.2, -0.15) is 4.31 Å². The quantitative estimate of drug-likeness (QED) is 0.779. The Hall–Kier alpha value is -0.820. The number of rotatable bonds is 7. The van der Waals surface area contributed by atoms with Crippen molar-refractivity contribution in [1.29, 1.82) is 0 Å². The molecule has 2 fully saturated rings. The Balaban J connectivity index is 0.00000225. The van der Waals surface area contributed by atoms with Crippen molar-refractivity contribution in [3.05, 3.63) is 24.3 Å². The first-order chi connectivity index (χ1) is 11.4. The number of sulfonamides is 1. The van der Waals surface area contributed by atoms with E-state index in [2.05, 4.69) is 5.32 Å². The van der Waals surface area contributed by atoms with E-state index in [4.69, 9.17) is 4.74 Å². The lowest BCUT2D eigenvalue weighted by molar-refractivity contribution is 0.242. The fraction of sp³-hybridized carbons (Fsp3) is 0.667. The van der Waals surface area contributed by atoms with E-state index >= 15 is 0 Å². The van der Waals surface area contributed by atoms with Gasteiger partial charge in [0.05, 0.1) is 11.0 Å². The third-order valence-electron chi connectivity index (χ3n) is 4.68. The molecule has 5 nitrogen and oxygen atoms in total. The number of halogens is 1. The largest absolute Gasteiger partial charge is 0.491 e. The molecule has 0 aromatic heterocycles.